The van der Waals surface area contributed by atoms with Gasteiger partial charge in [-0.15, -0.1) is 0 Å². The Morgan fingerprint density at radius 3 is 1.00 bits per heavy atom. The van der Waals surface area contributed by atoms with Crippen molar-refractivity contribution in [2.24, 2.45) is 0 Å². The van der Waals surface area contributed by atoms with E-state index in [0.29, 0.717) is 19.4 Å². The number of allylic oxidation sites excluding steroid dienone is 3. The second-order valence-electron chi connectivity index (χ2n) is 22.1. The van der Waals surface area contributed by atoms with Crippen molar-refractivity contribution in [3.8, 4) is 0 Å². The molecular weight excluding hydrogens is 875 g/mol. The Balaban J connectivity index is 3.46. The summed E-state index contributed by atoms with van der Waals surface area (Å²) in [4.78, 5) is 24.5. The van der Waals surface area contributed by atoms with Gasteiger partial charge in [-0.2, -0.15) is 0 Å². The molecule has 0 aromatic rings. The van der Waals surface area contributed by atoms with E-state index in [4.69, 9.17) is 4.74 Å². The SMILES string of the molecule is CCCCCCCCCCCCCCCCCCCCC/C=C/C(O)C(CO)NC(=O)CCCCCCCCC/C=C\CCCCCCCCCCCOC(=O)CCCCCCCCCCCCCCC. The van der Waals surface area contributed by atoms with Gasteiger partial charge in [0.05, 0.1) is 25.4 Å². The van der Waals surface area contributed by atoms with Gasteiger partial charge in [0.2, 0.25) is 5.91 Å². The third kappa shape index (κ3) is 57.5. The molecule has 2 atom stereocenters. The number of carbonyl (C=O) groups is 2. The molecule has 420 valence electrons. The lowest BCUT2D eigenvalue weighted by Crippen LogP contribution is -2.45. The van der Waals surface area contributed by atoms with Crippen molar-refractivity contribution in [3.63, 3.8) is 0 Å². The zero-order valence-electron chi connectivity index (χ0n) is 48.0. The summed E-state index contributed by atoms with van der Waals surface area (Å²) in [5, 5.41) is 23.2. The average molecular weight is 1000 g/mol. The first-order chi connectivity index (χ1) is 35.0. The highest BCUT2D eigenvalue weighted by molar-refractivity contribution is 5.76. The fourth-order valence-electron chi connectivity index (χ4n) is 10.0. The highest BCUT2D eigenvalue weighted by Gasteiger charge is 2.18. The molecule has 2 unspecified atom stereocenters. The highest BCUT2D eigenvalue weighted by atomic mass is 16.5. The lowest BCUT2D eigenvalue weighted by atomic mass is 10.0. The van der Waals surface area contributed by atoms with Gasteiger partial charge in [0, 0.05) is 12.8 Å². The van der Waals surface area contributed by atoms with Gasteiger partial charge in [-0.05, 0) is 57.8 Å². The Morgan fingerprint density at radius 1 is 0.380 bits per heavy atom. The van der Waals surface area contributed by atoms with E-state index in [0.717, 1.165) is 44.9 Å². The quantitative estimate of drug-likeness (QED) is 0.0320. The summed E-state index contributed by atoms with van der Waals surface area (Å²) in [6.07, 6.45) is 75.1. The molecule has 71 heavy (non-hydrogen) atoms. The number of carbonyl (C=O) groups excluding carboxylic acids is 2. The molecule has 1 amide bonds. The summed E-state index contributed by atoms with van der Waals surface area (Å²) in [6, 6.07) is -0.635. The maximum Gasteiger partial charge on any atom is 0.305 e. The maximum absolute atomic E-state index is 12.5. The molecule has 0 aromatic carbocycles. The molecule has 0 radical (unpaired) electrons. The van der Waals surface area contributed by atoms with Crippen LogP contribution in [-0.2, 0) is 14.3 Å². The van der Waals surface area contributed by atoms with Crippen molar-refractivity contribution in [1.29, 1.82) is 0 Å². The fraction of sp³-hybridized carbons (Fsp3) is 0.908. The predicted molar refractivity (Wildman–Crippen MR) is 310 cm³/mol. The van der Waals surface area contributed by atoms with Crippen LogP contribution in [0.15, 0.2) is 24.3 Å². The standard InChI is InChI=1S/C65H125NO5/c1-3-5-7-9-11-13-15-17-18-19-20-21-24-27-30-34-37-41-45-49-53-57-63(68)62(61-67)66-64(69)58-54-50-46-42-38-35-31-28-25-22-23-26-29-32-36-40-44-48-52-56-60-71-65(70)59-55-51-47-43-39-33-16-14-12-10-8-6-4-2/h22,25,53,57,62-63,67-68H,3-21,23-24,26-52,54-56,58-61H2,1-2H3,(H,66,69)/b25-22-,57-53+. The number of ether oxygens (including phenoxy) is 1. The van der Waals surface area contributed by atoms with Crippen molar-refractivity contribution in [1.82, 2.24) is 5.32 Å². The zero-order chi connectivity index (χ0) is 51.4. The van der Waals surface area contributed by atoms with Gasteiger partial charge in [-0.25, -0.2) is 0 Å². The van der Waals surface area contributed by atoms with E-state index in [9.17, 15) is 19.8 Å². The Kier molecular flexibility index (Phi) is 59.5. The van der Waals surface area contributed by atoms with Crippen LogP contribution in [0.2, 0.25) is 0 Å². The molecule has 6 nitrogen and oxygen atoms in total. The smallest absolute Gasteiger partial charge is 0.305 e. The molecule has 0 aromatic heterocycles. The number of aliphatic hydroxyl groups excluding tert-OH is 2. The van der Waals surface area contributed by atoms with Crippen molar-refractivity contribution < 1.29 is 24.5 Å². The molecule has 0 saturated carbocycles. The number of rotatable bonds is 60. The molecule has 0 aliphatic heterocycles. The third-order valence-electron chi connectivity index (χ3n) is 15.0. The summed E-state index contributed by atoms with van der Waals surface area (Å²) < 4.78 is 5.48. The van der Waals surface area contributed by atoms with Gasteiger partial charge in [-0.3, -0.25) is 9.59 Å². The Morgan fingerprint density at radius 2 is 0.662 bits per heavy atom. The van der Waals surface area contributed by atoms with Crippen LogP contribution in [0.1, 0.15) is 354 Å². The number of amides is 1. The minimum atomic E-state index is -0.851. The minimum Gasteiger partial charge on any atom is -0.466 e. The number of hydrogen-bond donors (Lipinski definition) is 3. The molecular formula is C65H125NO5. The van der Waals surface area contributed by atoms with Gasteiger partial charge < -0.3 is 20.3 Å². The number of esters is 1. The van der Waals surface area contributed by atoms with Crippen molar-refractivity contribution in [2.45, 2.75) is 366 Å². The Bertz CT molecular complexity index is 1110. The molecule has 0 fully saturated rings. The van der Waals surface area contributed by atoms with E-state index in [1.54, 1.807) is 6.08 Å². The van der Waals surface area contributed by atoms with Gasteiger partial charge in [0.15, 0.2) is 0 Å². The summed E-state index contributed by atoms with van der Waals surface area (Å²) in [5.41, 5.74) is 0. The molecule has 0 rings (SSSR count). The first-order valence-electron chi connectivity index (χ1n) is 32.1. The van der Waals surface area contributed by atoms with Crippen LogP contribution in [0.5, 0.6) is 0 Å². The number of nitrogens with one attached hydrogen (secondary N) is 1. The van der Waals surface area contributed by atoms with Crippen LogP contribution in [0.4, 0.5) is 0 Å². The van der Waals surface area contributed by atoms with E-state index < -0.39 is 12.1 Å². The normalized spacial score (nSPS) is 12.7. The molecule has 0 heterocycles. The molecule has 0 bridgehead atoms. The van der Waals surface area contributed by atoms with E-state index >= 15 is 0 Å². The van der Waals surface area contributed by atoms with Gasteiger partial charge in [-0.1, -0.05) is 308 Å². The van der Waals surface area contributed by atoms with E-state index in [1.165, 1.54) is 283 Å². The topological polar surface area (TPSA) is 95.9 Å². The summed E-state index contributed by atoms with van der Waals surface area (Å²) in [6.45, 7) is 4.92. The molecule has 0 spiro atoms. The number of hydrogen-bond acceptors (Lipinski definition) is 5. The fourth-order valence-corrected chi connectivity index (χ4v) is 10.0. The van der Waals surface area contributed by atoms with E-state index in [-0.39, 0.29) is 18.5 Å². The Hall–Kier alpha value is -1.66. The van der Waals surface area contributed by atoms with E-state index in [1.807, 2.05) is 6.08 Å². The van der Waals surface area contributed by atoms with Crippen LogP contribution < -0.4 is 5.32 Å². The molecule has 0 saturated heterocycles. The van der Waals surface area contributed by atoms with Crippen LogP contribution >= 0.6 is 0 Å². The van der Waals surface area contributed by atoms with E-state index in [2.05, 4.69) is 31.3 Å². The monoisotopic (exact) mass is 1000 g/mol. The van der Waals surface area contributed by atoms with Gasteiger partial charge >= 0.3 is 5.97 Å². The van der Waals surface area contributed by atoms with Crippen LogP contribution in [0, 0.1) is 0 Å². The largest absolute Gasteiger partial charge is 0.466 e. The van der Waals surface area contributed by atoms with Gasteiger partial charge in [0.25, 0.3) is 0 Å². The van der Waals surface area contributed by atoms with Crippen molar-refractivity contribution in [2.75, 3.05) is 13.2 Å². The molecule has 6 heteroatoms. The first kappa shape index (κ1) is 69.3. The number of unbranched alkanes of at least 4 members (excludes halogenated alkanes) is 47. The third-order valence-corrected chi connectivity index (χ3v) is 15.0. The number of aliphatic hydroxyl groups is 2. The van der Waals surface area contributed by atoms with Crippen LogP contribution in [0.25, 0.3) is 0 Å². The second kappa shape index (κ2) is 60.9. The summed E-state index contributed by atoms with van der Waals surface area (Å²) >= 11 is 0. The highest BCUT2D eigenvalue weighted by Crippen LogP contribution is 2.18. The van der Waals surface area contributed by atoms with Crippen molar-refractivity contribution >= 4 is 11.9 Å². The van der Waals surface area contributed by atoms with Crippen LogP contribution in [0.3, 0.4) is 0 Å². The Labute approximate surface area is 443 Å². The summed E-state index contributed by atoms with van der Waals surface area (Å²) in [5.74, 6) is -0.0657. The van der Waals surface area contributed by atoms with Crippen LogP contribution in [-0.4, -0.2) is 47.4 Å². The summed E-state index contributed by atoms with van der Waals surface area (Å²) in [7, 11) is 0. The average Bonchev–Trinajstić information content (AvgIpc) is 3.37. The molecule has 0 aliphatic rings. The first-order valence-corrected chi connectivity index (χ1v) is 32.1. The maximum atomic E-state index is 12.5. The molecule has 3 N–H and O–H groups in total. The van der Waals surface area contributed by atoms with Gasteiger partial charge in [0.1, 0.15) is 0 Å². The lowest BCUT2D eigenvalue weighted by Gasteiger charge is -2.20. The van der Waals surface area contributed by atoms with Crippen molar-refractivity contribution in [3.05, 3.63) is 24.3 Å². The minimum absolute atomic E-state index is 0.00762. The lowest BCUT2D eigenvalue weighted by molar-refractivity contribution is -0.143. The predicted octanol–water partition coefficient (Wildman–Crippen LogP) is 20.2. The second-order valence-corrected chi connectivity index (χ2v) is 22.1. The molecule has 0 aliphatic carbocycles. The zero-order valence-corrected chi connectivity index (χ0v) is 48.0.